The molecule has 0 bridgehead atoms. The Morgan fingerprint density at radius 2 is 2.10 bits per heavy atom. The van der Waals surface area contributed by atoms with Crippen LogP contribution in [0.25, 0.3) is 0 Å². The first kappa shape index (κ1) is 15.7. The van der Waals surface area contributed by atoms with Crippen molar-refractivity contribution >= 4 is 17.6 Å². The molecule has 0 saturated carbocycles. The van der Waals surface area contributed by atoms with Crippen LogP contribution in [0, 0.1) is 10.1 Å². The number of rotatable bonds is 8. The van der Waals surface area contributed by atoms with Gasteiger partial charge in [0, 0.05) is 26.1 Å². The van der Waals surface area contributed by atoms with Gasteiger partial charge in [0.1, 0.15) is 5.69 Å². The van der Waals surface area contributed by atoms with E-state index in [0.717, 1.165) is 0 Å². The summed E-state index contributed by atoms with van der Waals surface area (Å²) in [7, 11) is 1.56. The predicted molar refractivity (Wildman–Crippen MR) is 70.5 cm³/mol. The molecule has 1 rings (SSSR count). The summed E-state index contributed by atoms with van der Waals surface area (Å²) in [5.41, 5.74) is 0.0985. The molecule has 1 aromatic rings. The summed E-state index contributed by atoms with van der Waals surface area (Å²) in [6.07, 6.45) is 3.35. The van der Waals surface area contributed by atoms with Crippen molar-refractivity contribution in [2.24, 2.45) is 7.05 Å². The highest BCUT2D eigenvalue weighted by Gasteiger charge is 2.16. The Morgan fingerprint density at radius 1 is 1.40 bits per heavy atom. The normalized spacial score (nSPS) is 10.2. The summed E-state index contributed by atoms with van der Waals surface area (Å²) in [5.74, 6) is -1.20. The molecule has 1 aromatic heterocycles. The topological polar surface area (TPSA) is 114 Å². The largest absolute Gasteiger partial charge is 0.481 e. The van der Waals surface area contributed by atoms with Crippen molar-refractivity contribution < 1.29 is 19.6 Å². The number of carboxylic acids is 1. The number of nitrogens with one attached hydrogen (secondary N) is 1. The average molecular weight is 283 g/mol. The van der Waals surface area contributed by atoms with Crippen molar-refractivity contribution in [2.45, 2.75) is 25.7 Å². The molecule has 0 aliphatic rings. The van der Waals surface area contributed by atoms with Crippen LogP contribution in [0.4, 0.5) is 5.69 Å². The van der Waals surface area contributed by atoms with E-state index in [1.165, 1.54) is 16.8 Å². The Bertz CT molecular complexity index is 509. The summed E-state index contributed by atoms with van der Waals surface area (Å²) in [4.78, 5) is 32.1. The number of carboxylic acid groups (broad SMARTS) is 1. The maximum Gasteiger partial charge on any atom is 0.303 e. The Balaban J connectivity index is 2.36. The van der Waals surface area contributed by atoms with Crippen molar-refractivity contribution in [3.8, 4) is 0 Å². The molecular formula is C12H17N3O5. The molecule has 0 atom stereocenters. The fourth-order valence-electron chi connectivity index (χ4n) is 1.74. The van der Waals surface area contributed by atoms with Crippen molar-refractivity contribution in [1.82, 2.24) is 9.88 Å². The number of nitro groups is 1. The molecule has 1 amide bonds. The smallest absolute Gasteiger partial charge is 0.303 e. The van der Waals surface area contributed by atoms with Crippen LogP contribution >= 0.6 is 0 Å². The Kier molecular flexibility index (Phi) is 5.70. The van der Waals surface area contributed by atoms with Gasteiger partial charge in [-0.25, -0.2) is 0 Å². The Morgan fingerprint density at radius 3 is 2.65 bits per heavy atom. The minimum absolute atomic E-state index is 0.123. The van der Waals surface area contributed by atoms with Crippen molar-refractivity contribution in [3.63, 3.8) is 0 Å². The average Bonchev–Trinajstić information content (AvgIpc) is 2.75. The number of aryl methyl sites for hydroxylation is 1. The standard InChI is InChI=1S/C12H17N3O5/c1-14-8-9(15(19)20)7-10(14)12(18)13-6-4-2-3-5-11(16)17/h7-8H,2-6H2,1H3,(H,13,18)(H,16,17). The fraction of sp³-hybridized carbons (Fsp3) is 0.500. The molecule has 0 unspecified atom stereocenters. The number of aromatic nitrogens is 1. The lowest BCUT2D eigenvalue weighted by Gasteiger charge is -2.05. The van der Waals surface area contributed by atoms with E-state index in [0.29, 0.717) is 25.8 Å². The number of unbranched alkanes of at least 4 members (excludes halogenated alkanes) is 2. The van der Waals surface area contributed by atoms with Crippen LogP contribution in [0.1, 0.15) is 36.2 Å². The zero-order valence-corrected chi connectivity index (χ0v) is 11.2. The minimum Gasteiger partial charge on any atom is -0.481 e. The fourth-order valence-corrected chi connectivity index (χ4v) is 1.74. The number of carbonyl (C=O) groups is 2. The molecule has 20 heavy (non-hydrogen) atoms. The van der Waals surface area contributed by atoms with Gasteiger partial charge in [0.05, 0.1) is 11.1 Å². The quantitative estimate of drug-likeness (QED) is 0.424. The SMILES string of the molecule is Cn1cc([N+](=O)[O-])cc1C(=O)NCCCCCC(=O)O. The lowest BCUT2D eigenvalue weighted by molar-refractivity contribution is -0.384. The van der Waals surface area contributed by atoms with Gasteiger partial charge >= 0.3 is 5.97 Å². The summed E-state index contributed by atoms with van der Waals surface area (Å²) < 4.78 is 1.40. The van der Waals surface area contributed by atoms with E-state index in [-0.39, 0.29) is 23.7 Å². The highest BCUT2D eigenvalue weighted by molar-refractivity contribution is 5.93. The van der Waals surface area contributed by atoms with Crippen LogP contribution in [0.15, 0.2) is 12.3 Å². The maximum atomic E-state index is 11.8. The second kappa shape index (κ2) is 7.27. The molecule has 0 saturated heterocycles. The molecule has 8 heteroatoms. The lowest BCUT2D eigenvalue weighted by Crippen LogP contribution is -2.26. The van der Waals surface area contributed by atoms with Gasteiger partial charge in [-0.2, -0.15) is 0 Å². The number of aliphatic carboxylic acids is 1. The van der Waals surface area contributed by atoms with Crippen LogP contribution in [0.3, 0.4) is 0 Å². The van der Waals surface area contributed by atoms with E-state index < -0.39 is 10.9 Å². The van der Waals surface area contributed by atoms with Crippen LogP contribution in [-0.4, -0.2) is 33.0 Å². The van der Waals surface area contributed by atoms with Gasteiger partial charge in [0.25, 0.3) is 11.6 Å². The van der Waals surface area contributed by atoms with Crippen molar-refractivity contribution in [1.29, 1.82) is 0 Å². The van der Waals surface area contributed by atoms with Crippen molar-refractivity contribution in [2.75, 3.05) is 6.54 Å². The van der Waals surface area contributed by atoms with Gasteiger partial charge in [0.15, 0.2) is 0 Å². The van der Waals surface area contributed by atoms with Crippen LogP contribution in [0.2, 0.25) is 0 Å². The first-order chi connectivity index (χ1) is 9.41. The third-order valence-electron chi connectivity index (χ3n) is 2.79. The second-order valence-corrected chi connectivity index (χ2v) is 4.41. The van der Waals surface area contributed by atoms with E-state index in [9.17, 15) is 19.7 Å². The van der Waals surface area contributed by atoms with Gasteiger partial charge < -0.3 is 15.0 Å². The molecule has 0 aliphatic heterocycles. The Labute approximate surface area is 115 Å². The number of hydrogen-bond donors (Lipinski definition) is 2. The summed E-state index contributed by atoms with van der Waals surface area (Å²) in [6, 6.07) is 1.22. The molecule has 1 heterocycles. The monoisotopic (exact) mass is 283 g/mol. The summed E-state index contributed by atoms with van der Waals surface area (Å²) in [6.45, 7) is 0.414. The van der Waals surface area contributed by atoms with E-state index in [2.05, 4.69) is 5.32 Å². The Hall–Kier alpha value is -2.38. The van der Waals surface area contributed by atoms with Crippen LogP contribution in [-0.2, 0) is 11.8 Å². The molecule has 0 aromatic carbocycles. The molecule has 0 aliphatic carbocycles. The molecule has 0 fully saturated rings. The van der Waals surface area contributed by atoms with Gasteiger partial charge in [0.2, 0.25) is 0 Å². The summed E-state index contributed by atoms with van der Waals surface area (Å²) in [5, 5.41) is 21.7. The highest BCUT2D eigenvalue weighted by atomic mass is 16.6. The predicted octanol–water partition coefficient (Wildman–Crippen LogP) is 1.31. The second-order valence-electron chi connectivity index (χ2n) is 4.41. The maximum absolute atomic E-state index is 11.8. The van der Waals surface area contributed by atoms with Gasteiger partial charge in [-0.05, 0) is 12.8 Å². The minimum atomic E-state index is -0.829. The lowest BCUT2D eigenvalue weighted by atomic mass is 10.2. The number of amides is 1. The highest BCUT2D eigenvalue weighted by Crippen LogP contribution is 2.14. The van der Waals surface area contributed by atoms with Gasteiger partial charge in [-0.15, -0.1) is 0 Å². The van der Waals surface area contributed by atoms with Crippen LogP contribution in [0.5, 0.6) is 0 Å². The first-order valence-electron chi connectivity index (χ1n) is 6.22. The zero-order valence-electron chi connectivity index (χ0n) is 11.2. The van der Waals surface area contributed by atoms with Crippen LogP contribution < -0.4 is 5.32 Å². The molecule has 8 nitrogen and oxygen atoms in total. The molecule has 0 spiro atoms. The zero-order chi connectivity index (χ0) is 15.1. The van der Waals surface area contributed by atoms with Gasteiger partial charge in [-0.3, -0.25) is 19.7 Å². The number of carbonyl (C=O) groups excluding carboxylic acids is 1. The van der Waals surface area contributed by atoms with E-state index in [1.807, 2.05) is 0 Å². The van der Waals surface area contributed by atoms with Crippen molar-refractivity contribution in [3.05, 3.63) is 28.1 Å². The number of hydrogen-bond acceptors (Lipinski definition) is 4. The third-order valence-corrected chi connectivity index (χ3v) is 2.79. The molecule has 110 valence electrons. The van der Waals surface area contributed by atoms with E-state index in [4.69, 9.17) is 5.11 Å². The molecular weight excluding hydrogens is 266 g/mol. The molecule has 2 N–H and O–H groups in total. The van der Waals surface area contributed by atoms with E-state index >= 15 is 0 Å². The first-order valence-corrected chi connectivity index (χ1v) is 6.22. The molecule has 0 radical (unpaired) electrons. The number of nitrogens with zero attached hydrogens (tertiary/aromatic N) is 2. The van der Waals surface area contributed by atoms with E-state index in [1.54, 1.807) is 7.05 Å². The third kappa shape index (κ3) is 4.71. The van der Waals surface area contributed by atoms with Gasteiger partial charge in [-0.1, -0.05) is 6.42 Å². The summed E-state index contributed by atoms with van der Waals surface area (Å²) >= 11 is 0.